The van der Waals surface area contributed by atoms with Crippen LogP contribution in [0, 0.1) is 5.92 Å². The minimum atomic E-state index is -0.0316. The van der Waals surface area contributed by atoms with Crippen LogP contribution in [-0.2, 0) is 6.54 Å². The van der Waals surface area contributed by atoms with Crippen LogP contribution in [0.4, 0.5) is 4.79 Å². The number of urea groups is 1. The second-order valence-corrected chi connectivity index (χ2v) is 6.28. The second kappa shape index (κ2) is 6.41. The monoisotopic (exact) mass is 288 g/mol. The third-order valence-corrected chi connectivity index (χ3v) is 4.43. The van der Waals surface area contributed by atoms with Crippen LogP contribution in [0.5, 0.6) is 0 Å². The van der Waals surface area contributed by atoms with Crippen molar-refractivity contribution in [3.05, 3.63) is 21.3 Å². The van der Waals surface area contributed by atoms with Crippen molar-refractivity contribution in [1.29, 1.82) is 0 Å². The number of hydrogen-bond acceptors (Lipinski definition) is 3. The Morgan fingerprint density at radius 1 is 1.50 bits per heavy atom. The molecule has 4 nitrogen and oxygen atoms in total. The molecule has 6 heteroatoms. The predicted molar refractivity (Wildman–Crippen MR) is 72.9 cm³/mol. The molecule has 100 valence electrons. The summed E-state index contributed by atoms with van der Waals surface area (Å²) in [7, 11) is 0. The molecule has 1 aliphatic rings. The summed E-state index contributed by atoms with van der Waals surface area (Å²) < 4.78 is 0.739. The van der Waals surface area contributed by atoms with Gasteiger partial charge in [-0.2, -0.15) is 0 Å². The highest BCUT2D eigenvalue weighted by Gasteiger charge is 2.21. The molecule has 0 aliphatic carbocycles. The van der Waals surface area contributed by atoms with E-state index in [1.54, 1.807) is 4.90 Å². The molecule has 0 radical (unpaired) electrons. The van der Waals surface area contributed by atoms with E-state index in [1.807, 2.05) is 12.1 Å². The van der Waals surface area contributed by atoms with Crippen LogP contribution in [0.15, 0.2) is 12.1 Å². The maximum atomic E-state index is 11.9. The fourth-order valence-corrected chi connectivity index (χ4v) is 3.07. The lowest BCUT2D eigenvalue weighted by Crippen LogP contribution is -2.44. The SMILES string of the molecule is O=C(NCc1ccc(Cl)s1)N1CCC(CO)CC1. The van der Waals surface area contributed by atoms with E-state index in [0.717, 1.165) is 35.1 Å². The fraction of sp³-hybridized carbons (Fsp3) is 0.583. The highest BCUT2D eigenvalue weighted by molar-refractivity contribution is 7.16. The first-order valence-electron chi connectivity index (χ1n) is 6.07. The van der Waals surface area contributed by atoms with Crippen molar-refractivity contribution in [2.24, 2.45) is 5.92 Å². The Kier molecular flexibility index (Phi) is 4.86. The summed E-state index contributed by atoms with van der Waals surface area (Å²) in [5.41, 5.74) is 0. The molecule has 0 saturated carbocycles. The number of amides is 2. The third-order valence-electron chi connectivity index (χ3n) is 3.20. The van der Waals surface area contributed by atoms with Gasteiger partial charge in [-0.25, -0.2) is 4.79 Å². The van der Waals surface area contributed by atoms with Crippen molar-refractivity contribution >= 4 is 29.0 Å². The molecular weight excluding hydrogens is 272 g/mol. The number of hydrogen-bond donors (Lipinski definition) is 2. The van der Waals surface area contributed by atoms with E-state index in [4.69, 9.17) is 16.7 Å². The topological polar surface area (TPSA) is 52.6 Å². The van der Waals surface area contributed by atoms with E-state index in [2.05, 4.69) is 5.32 Å². The van der Waals surface area contributed by atoms with Gasteiger partial charge in [-0.1, -0.05) is 11.6 Å². The standard InChI is InChI=1S/C12H17ClN2O2S/c13-11-2-1-10(18-11)7-14-12(17)15-5-3-9(8-16)4-6-15/h1-2,9,16H,3-8H2,(H,14,17). The first kappa shape index (κ1) is 13.6. The number of halogens is 1. The lowest BCUT2D eigenvalue weighted by Gasteiger charge is -2.31. The van der Waals surface area contributed by atoms with Crippen LogP contribution in [0.2, 0.25) is 4.34 Å². The van der Waals surface area contributed by atoms with Crippen LogP contribution in [0.1, 0.15) is 17.7 Å². The van der Waals surface area contributed by atoms with Gasteiger partial charge in [-0.15, -0.1) is 11.3 Å². The molecule has 2 heterocycles. The number of aliphatic hydroxyl groups excluding tert-OH is 1. The quantitative estimate of drug-likeness (QED) is 0.897. The number of aliphatic hydroxyl groups is 1. The Morgan fingerprint density at radius 2 is 2.22 bits per heavy atom. The Hall–Kier alpha value is -0.780. The zero-order valence-electron chi connectivity index (χ0n) is 10.1. The van der Waals surface area contributed by atoms with E-state index in [9.17, 15) is 4.79 Å². The first-order chi connectivity index (χ1) is 8.69. The van der Waals surface area contributed by atoms with Gasteiger partial charge in [0.15, 0.2) is 0 Å². The van der Waals surface area contributed by atoms with E-state index in [0.29, 0.717) is 12.5 Å². The van der Waals surface area contributed by atoms with Crippen molar-refractivity contribution < 1.29 is 9.90 Å². The number of carbonyl (C=O) groups excluding carboxylic acids is 1. The predicted octanol–water partition coefficient (Wildman–Crippen LogP) is 2.32. The average Bonchev–Trinajstić information content (AvgIpc) is 2.82. The molecule has 0 bridgehead atoms. The van der Waals surface area contributed by atoms with E-state index in [1.165, 1.54) is 11.3 Å². The number of nitrogens with one attached hydrogen (secondary N) is 1. The molecule has 2 amide bonds. The second-order valence-electron chi connectivity index (χ2n) is 4.48. The first-order valence-corrected chi connectivity index (χ1v) is 7.26. The summed E-state index contributed by atoms with van der Waals surface area (Å²) in [5, 5.41) is 11.9. The molecule has 0 aromatic carbocycles. The van der Waals surface area contributed by atoms with Crippen LogP contribution in [0.3, 0.4) is 0 Å². The molecule has 1 fully saturated rings. The van der Waals surface area contributed by atoms with Crippen molar-refractivity contribution in [2.75, 3.05) is 19.7 Å². The Labute approximate surface area is 116 Å². The number of thiophene rings is 1. The normalized spacial score (nSPS) is 16.9. The fourth-order valence-electron chi connectivity index (χ4n) is 2.04. The van der Waals surface area contributed by atoms with Gasteiger partial charge >= 0.3 is 6.03 Å². The van der Waals surface area contributed by atoms with Gasteiger partial charge in [0, 0.05) is 24.6 Å². The van der Waals surface area contributed by atoms with Crippen LogP contribution < -0.4 is 5.32 Å². The summed E-state index contributed by atoms with van der Waals surface area (Å²) in [6, 6.07) is 3.72. The number of likely N-dealkylation sites (tertiary alicyclic amines) is 1. The molecular formula is C12H17ClN2O2S. The maximum Gasteiger partial charge on any atom is 0.317 e. The zero-order valence-corrected chi connectivity index (χ0v) is 11.6. The van der Waals surface area contributed by atoms with Gasteiger partial charge in [-0.05, 0) is 30.9 Å². The largest absolute Gasteiger partial charge is 0.396 e. The summed E-state index contributed by atoms with van der Waals surface area (Å²) in [4.78, 5) is 14.8. The number of piperidine rings is 1. The number of carbonyl (C=O) groups is 1. The van der Waals surface area contributed by atoms with Crippen molar-refractivity contribution in [3.8, 4) is 0 Å². The molecule has 0 spiro atoms. The summed E-state index contributed by atoms with van der Waals surface area (Å²) >= 11 is 7.31. The summed E-state index contributed by atoms with van der Waals surface area (Å²) in [5.74, 6) is 0.352. The molecule has 1 aliphatic heterocycles. The molecule has 1 aromatic rings. The minimum absolute atomic E-state index is 0.0316. The van der Waals surface area contributed by atoms with Gasteiger partial charge in [0.05, 0.1) is 10.9 Å². The van der Waals surface area contributed by atoms with Crippen molar-refractivity contribution in [2.45, 2.75) is 19.4 Å². The van der Waals surface area contributed by atoms with E-state index >= 15 is 0 Å². The minimum Gasteiger partial charge on any atom is -0.396 e. The molecule has 18 heavy (non-hydrogen) atoms. The molecule has 0 unspecified atom stereocenters. The lowest BCUT2D eigenvalue weighted by molar-refractivity contribution is 0.137. The summed E-state index contributed by atoms with van der Waals surface area (Å²) in [6.07, 6.45) is 1.77. The molecule has 2 N–H and O–H groups in total. The van der Waals surface area contributed by atoms with Gasteiger partial charge in [0.25, 0.3) is 0 Å². The van der Waals surface area contributed by atoms with E-state index < -0.39 is 0 Å². The van der Waals surface area contributed by atoms with Gasteiger partial charge < -0.3 is 15.3 Å². The van der Waals surface area contributed by atoms with Gasteiger partial charge in [-0.3, -0.25) is 0 Å². The Balaban J connectivity index is 1.75. The Morgan fingerprint density at radius 3 is 2.78 bits per heavy atom. The van der Waals surface area contributed by atoms with E-state index in [-0.39, 0.29) is 12.6 Å². The smallest absolute Gasteiger partial charge is 0.317 e. The van der Waals surface area contributed by atoms with Gasteiger partial charge in [0.1, 0.15) is 0 Å². The third kappa shape index (κ3) is 3.60. The zero-order chi connectivity index (χ0) is 13.0. The molecule has 0 atom stereocenters. The van der Waals surface area contributed by atoms with Crippen LogP contribution in [-0.4, -0.2) is 35.7 Å². The summed E-state index contributed by atoms with van der Waals surface area (Å²) in [6.45, 7) is 2.20. The average molecular weight is 289 g/mol. The lowest BCUT2D eigenvalue weighted by atomic mass is 9.98. The number of rotatable bonds is 3. The van der Waals surface area contributed by atoms with Crippen LogP contribution >= 0.6 is 22.9 Å². The Bertz CT molecular complexity index is 403. The van der Waals surface area contributed by atoms with Gasteiger partial charge in [0.2, 0.25) is 0 Å². The molecule has 1 aromatic heterocycles. The highest BCUT2D eigenvalue weighted by atomic mass is 35.5. The van der Waals surface area contributed by atoms with Crippen molar-refractivity contribution in [3.63, 3.8) is 0 Å². The van der Waals surface area contributed by atoms with Crippen LogP contribution in [0.25, 0.3) is 0 Å². The molecule has 2 rings (SSSR count). The highest BCUT2D eigenvalue weighted by Crippen LogP contribution is 2.21. The van der Waals surface area contributed by atoms with Crippen molar-refractivity contribution in [1.82, 2.24) is 10.2 Å². The molecule has 1 saturated heterocycles. The number of nitrogens with zero attached hydrogens (tertiary/aromatic N) is 1. The maximum absolute atomic E-state index is 11.9.